The van der Waals surface area contributed by atoms with Gasteiger partial charge in [-0.3, -0.25) is 0 Å². The van der Waals surface area contributed by atoms with Crippen LogP contribution in [0.2, 0.25) is 0 Å². The molecule has 0 aromatic carbocycles. The van der Waals surface area contributed by atoms with Crippen molar-refractivity contribution in [2.45, 2.75) is 64.7 Å². The zero-order chi connectivity index (χ0) is 9.52. The standard InChI is InChI=1S/C12H22B/c1-2-12(13)10-11-8-6-4-3-5-7-9-11/h11H,2-10H2,1H3. The van der Waals surface area contributed by atoms with Gasteiger partial charge >= 0.3 is 83.6 Å². The Morgan fingerprint density at radius 2 is 1.62 bits per heavy atom. The molecule has 0 nitrogen and oxygen atoms in total. The van der Waals surface area contributed by atoms with Gasteiger partial charge in [0.1, 0.15) is 0 Å². The van der Waals surface area contributed by atoms with Crippen molar-refractivity contribution in [2.24, 2.45) is 5.92 Å². The van der Waals surface area contributed by atoms with Gasteiger partial charge in [0.15, 0.2) is 0 Å². The number of hydrogen-bond acceptors (Lipinski definition) is 0. The molecule has 1 radical (unpaired) electrons. The van der Waals surface area contributed by atoms with Crippen molar-refractivity contribution in [1.82, 2.24) is 0 Å². The quantitative estimate of drug-likeness (QED) is 0.579. The topological polar surface area (TPSA) is 0 Å². The van der Waals surface area contributed by atoms with Crippen LogP contribution in [0.25, 0.3) is 0 Å². The maximum absolute atomic E-state index is 5.91. The summed E-state index contributed by atoms with van der Waals surface area (Å²) >= 11 is 0. The molecule has 1 fully saturated rings. The summed E-state index contributed by atoms with van der Waals surface area (Å²) in [6.45, 7) is 2.16. The third kappa shape index (κ3) is 4.64. The van der Waals surface area contributed by atoms with Crippen LogP contribution < -0.4 is 0 Å². The van der Waals surface area contributed by atoms with Gasteiger partial charge in [-0.15, -0.1) is 0 Å². The SMILES string of the molecule is [B]=C(CC)CC1CCCCCCC1. The molecule has 13 heavy (non-hydrogen) atoms. The van der Waals surface area contributed by atoms with E-state index in [-0.39, 0.29) is 0 Å². The molecular formula is C12H22B. The van der Waals surface area contributed by atoms with Gasteiger partial charge in [0.05, 0.1) is 0 Å². The maximum atomic E-state index is 5.91. The molecule has 0 unspecified atom stereocenters. The van der Waals surface area contributed by atoms with Crippen molar-refractivity contribution in [1.29, 1.82) is 0 Å². The average molecular weight is 177 g/mol. The normalized spacial score (nSPS) is 20.6. The fourth-order valence-corrected chi connectivity index (χ4v) is 2.26. The van der Waals surface area contributed by atoms with Crippen LogP contribution in [0.3, 0.4) is 0 Å². The van der Waals surface area contributed by atoms with E-state index < -0.39 is 0 Å². The second-order valence-corrected chi connectivity index (χ2v) is 4.43. The van der Waals surface area contributed by atoms with E-state index in [9.17, 15) is 0 Å². The van der Waals surface area contributed by atoms with Gasteiger partial charge in [0, 0.05) is 0 Å². The molecule has 0 aromatic rings. The van der Waals surface area contributed by atoms with E-state index in [0.29, 0.717) is 0 Å². The van der Waals surface area contributed by atoms with Crippen LogP contribution in [0.15, 0.2) is 0 Å². The summed E-state index contributed by atoms with van der Waals surface area (Å²) in [5.74, 6) is 0.903. The van der Waals surface area contributed by atoms with E-state index in [1.807, 2.05) is 0 Å². The molecule has 0 atom stereocenters. The molecule has 0 saturated heterocycles. The Labute approximate surface area is 84.2 Å². The van der Waals surface area contributed by atoms with Crippen LogP contribution in [-0.2, 0) is 0 Å². The molecule has 0 amide bonds. The van der Waals surface area contributed by atoms with Crippen LogP contribution in [0.1, 0.15) is 64.7 Å². The van der Waals surface area contributed by atoms with Crippen LogP contribution in [0.4, 0.5) is 0 Å². The van der Waals surface area contributed by atoms with E-state index in [4.69, 9.17) is 7.49 Å². The fraction of sp³-hybridized carbons (Fsp3) is 0.917. The Balaban J connectivity index is 2.25. The summed E-state index contributed by atoms with van der Waals surface area (Å²) in [7, 11) is 5.91. The van der Waals surface area contributed by atoms with E-state index in [2.05, 4.69) is 6.92 Å². The van der Waals surface area contributed by atoms with Gasteiger partial charge in [-0.1, -0.05) is 0 Å². The third-order valence-electron chi connectivity index (χ3n) is 3.23. The van der Waals surface area contributed by atoms with Crippen LogP contribution in [0, 0.1) is 5.92 Å². The molecule has 0 heterocycles. The average Bonchev–Trinajstić information content (AvgIpc) is 2.09. The second kappa shape index (κ2) is 6.40. The van der Waals surface area contributed by atoms with Crippen molar-refractivity contribution in [3.63, 3.8) is 0 Å². The molecule has 73 valence electrons. The predicted octanol–water partition coefficient (Wildman–Crippen LogP) is 3.49. The zero-order valence-electron chi connectivity index (χ0n) is 9.02. The van der Waals surface area contributed by atoms with Gasteiger partial charge in [-0.2, -0.15) is 0 Å². The Bertz CT molecular complexity index is 143. The van der Waals surface area contributed by atoms with Crippen LogP contribution in [-0.4, -0.2) is 13.0 Å². The second-order valence-electron chi connectivity index (χ2n) is 4.43. The van der Waals surface area contributed by atoms with Gasteiger partial charge in [-0.25, -0.2) is 0 Å². The first-order valence-electron chi connectivity index (χ1n) is 5.93. The summed E-state index contributed by atoms with van der Waals surface area (Å²) in [6.07, 6.45) is 12.3. The van der Waals surface area contributed by atoms with Crippen molar-refractivity contribution in [3.05, 3.63) is 0 Å². The minimum absolute atomic E-state index is 0.903. The zero-order valence-corrected chi connectivity index (χ0v) is 9.02. The summed E-state index contributed by atoms with van der Waals surface area (Å²) in [6, 6.07) is 0. The third-order valence-corrected chi connectivity index (χ3v) is 3.23. The molecule has 1 heteroatoms. The Kier molecular flexibility index (Phi) is 5.42. The Hall–Kier alpha value is -0.0651. The van der Waals surface area contributed by atoms with Crippen molar-refractivity contribution in [3.8, 4) is 0 Å². The molecule has 0 aromatic heterocycles. The fourth-order valence-electron chi connectivity index (χ4n) is 2.26. The molecule has 1 aliphatic rings. The number of hydrogen-bond donors (Lipinski definition) is 0. The summed E-state index contributed by atoms with van der Waals surface area (Å²) in [5.41, 5.74) is 1.21. The molecule has 0 spiro atoms. The van der Waals surface area contributed by atoms with E-state index in [1.54, 1.807) is 0 Å². The molecular weight excluding hydrogens is 155 g/mol. The van der Waals surface area contributed by atoms with Gasteiger partial charge in [-0.05, 0) is 0 Å². The minimum atomic E-state index is 0.903. The molecule has 1 rings (SSSR count). The molecule has 0 N–H and O–H groups in total. The van der Waals surface area contributed by atoms with Gasteiger partial charge in [0.25, 0.3) is 0 Å². The Morgan fingerprint density at radius 1 is 1.08 bits per heavy atom. The van der Waals surface area contributed by atoms with E-state index in [1.165, 1.54) is 56.8 Å². The summed E-state index contributed by atoms with van der Waals surface area (Å²) in [4.78, 5) is 0. The number of rotatable bonds is 3. The van der Waals surface area contributed by atoms with E-state index in [0.717, 1.165) is 12.3 Å². The summed E-state index contributed by atoms with van der Waals surface area (Å²) in [5, 5.41) is 0. The predicted molar refractivity (Wildman–Crippen MR) is 61.5 cm³/mol. The molecule has 0 bridgehead atoms. The van der Waals surface area contributed by atoms with E-state index >= 15 is 0 Å². The van der Waals surface area contributed by atoms with Crippen molar-refractivity contribution < 1.29 is 0 Å². The first-order valence-corrected chi connectivity index (χ1v) is 5.93. The van der Waals surface area contributed by atoms with Crippen molar-refractivity contribution in [2.75, 3.05) is 0 Å². The van der Waals surface area contributed by atoms with Crippen molar-refractivity contribution >= 4 is 13.0 Å². The monoisotopic (exact) mass is 177 g/mol. The Morgan fingerprint density at radius 3 is 2.15 bits per heavy atom. The molecule has 1 aliphatic carbocycles. The first-order chi connectivity index (χ1) is 6.33. The van der Waals surface area contributed by atoms with Crippen LogP contribution in [0.5, 0.6) is 0 Å². The molecule has 0 aliphatic heterocycles. The van der Waals surface area contributed by atoms with Gasteiger partial charge < -0.3 is 0 Å². The van der Waals surface area contributed by atoms with Gasteiger partial charge in [0.2, 0.25) is 0 Å². The van der Waals surface area contributed by atoms with Crippen LogP contribution >= 0.6 is 0 Å². The summed E-state index contributed by atoms with van der Waals surface area (Å²) < 4.78 is 0. The molecule has 1 saturated carbocycles. The first kappa shape index (κ1) is 11.0.